The molecule has 0 aromatic heterocycles. The van der Waals surface area contributed by atoms with E-state index in [1.807, 2.05) is 0 Å². The van der Waals surface area contributed by atoms with Crippen LogP contribution in [0.4, 0.5) is 0 Å². The zero-order chi connectivity index (χ0) is 26.8. The molecule has 0 heterocycles. The Kier molecular flexibility index (Phi) is 7.97. The molecule has 8 rings (SSSR count). The summed E-state index contributed by atoms with van der Waals surface area (Å²) in [6.45, 7) is 4.84. The van der Waals surface area contributed by atoms with Crippen molar-refractivity contribution in [3.05, 3.63) is 158 Å². The second-order valence-electron chi connectivity index (χ2n) is 11.4. The SMILES string of the molecule is C[C](C)=[Zr+2]([C]1=CC=C2C1=CCc1ccc3ccccc3c12)[CH]1C(c2cccc3ccccc23)=Cc2ccccc21.[Cl-].[Cl-]. The quantitative estimate of drug-likeness (QED) is 0.276. The Labute approximate surface area is 268 Å². The minimum absolute atomic E-state index is 0. The van der Waals surface area contributed by atoms with Crippen molar-refractivity contribution in [1.82, 2.24) is 0 Å². The Morgan fingerprint density at radius 3 is 2.17 bits per heavy atom. The third-order valence-electron chi connectivity index (χ3n) is 8.95. The fourth-order valence-corrected chi connectivity index (χ4v) is 15.5. The maximum absolute atomic E-state index is 2.54. The Hall–Kier alpha value is -3.09. The number of rotatable bonds is 3. The number of allylic oxidation sites excluding steroid dienone is 7. The van der Waals surface area contributed by atoms with Crippen LogP contribution in [0.2, 0.25) is 0 Å². The van der Waals surface area contributed by atoms with Crippen LogP contribution >= 0.6 is 0 Å². The van der Waals surface area contributed by atoms with E-state index < -0.39 is 21.3 Å². The number of hydrogen-bond acceptors (Lipinski definition) is 0. The Bertz CT molecular complexity index is 2040. The maximum atomic E-state index is 2.54. The normalized spacial score (nSPS) is 16.0. The van der Waals surface area contributed by atoms with Gasteiger partial charge in [-0.2, -0.15) is 0 Å². The first-order valence-corrected chi connectivity index (χ1v) is 18.2. The van der Waals surface area contributed by atoms with E-state index in [-0.39, 0.29) is 24.8 Å². The van der Waals surface area contributed by atoms with Crippen LogP contribution < -0.4 is 24.8 Å². The molecule has 5 aromatic rings. The summed E-state index contributed by atoms with van der Waals surface area (Å²) in [4.78, 5) is 0. The van der Waals surface area contributed by atoms with Crippen molar-refractivity contribution < 1.29 is 46.1 Å². The van der Waals surface area contributed by atoms with Crippen LogP contribution in [-0.2, 0) is 27.7 Å². The van der Waals surface area contributed by atoms with Crippen LogP contribution in [0.1, 0.15) is 45.3 Å². The van der Waals surface area contributed by atoms with E-state index in [2.05, 4.69) is 141 Å². The molecule has 0 radical (unpaired) electrons. The summed E-state index contributed by atoms with van der Waals surface area (Å²) in [5.41, 5.74) is 11.7. The number of benzene rings is 5. The average molecular weight is 661 g/mol. The van der Waals surface area contributed by atoms with E-state index in [1.54, 1.807) is 6.49 Å². The molecule has 0 N–H and O–H groups in total. The monoisotopic (exact) mass is 658 g/mol. The van der Waals surface area contributed by atoms with Gasteiger partial charge >= 0.3 is 245 Å². The van der Waals surface area contributed by atoms with Gasteiger partial charge < -0.3 is 24.8 Å². The molecule has 3 heteroatoms. The molecular weight excluding hydrogens is 631 g/mol. The van der Waals surface area contributed by atoms with E-state index in [0.29, 0.717) is 3.63 Å². The molecule has 0 amide bonds. The average Bonchev–Trinajstić information content (AvgIpc) is 3.59. The molecule has 0 aliphatic heterocycles. The summed E-state index contributed by atoms with van der Waals surface area (Å²) < 4.78 is 3.77. The van der Waals surface area contributed by atoms with Crippen LogP contribution in [0.25, 0.3) is 38.8 Å². The molecule has 3 aliphatic carbocycles. The molecule has 5 aromatic carbocycles. The molecule has 0 saturated heterocycles. The van der Waals surface area contributed by atoms with Crippen molar-refractivity contribution in [3.63, 3.8) is 0 Å². The molecule has 0 bridgehead atoms. The van der Waals surface area contributed by atoms with Gasteiger partial charge in [0, 0.05) is 0 Å². The van der Waals surface area contributed by atoms with Crippen molar-refractivity contribution in [2.24, 2.45) is 0 Å². The van der Waals surface area contributed by atoms with E-state index in [9.17, 15) is 0 Å². The standard InChI is InChI=1S/C19H13.C17H11.C3H6.2ClH.Zr/c1-2-8-16-13-17(12-15(16)7-1)19-11-5-9-14-6-3-4-10-18(14)19;1-2-6-15-12(4-1)8-10-14-11-9-13-5-3-7-16(13)17(14)15;1-3-2;;;/h1-13H;1-4,6-10H,11H2;1-2H3;2*1H;/q;;;;;+2/p-2. The van der Waals surface area contributed by atoms with Crippen molar-refractivity contribution in [1.29, 1.82) is 0 Å². The van der Waals surface area contributed by atoms with Gasteiger partial charge in [0.2, 0.25) is 0 Å². The summed E-state index contributed by atoms with van der Waals surface area (Å²) in [6.07, 6.45) is 11.0. The van der Waals surface area contributed by atoms with Gasteiger partial charge in [-0.15, -0.1) is 0 Å². The summed E-state index contributed by atoms with van der Waals surface area (Å²) in [7, 11) is 0. The minimum atomic E-state index is -2.44. The fourth-order valence-electron chi connectivity index (χ4n) is 7.24. The molecule has 204 valence electrons. The van der Waals surface area contributed by atoms with Gasteiger partial charge in [-0.25, -0.2) is 0 Å². The molecule has 0 nitrogen and oxygen atoms in total. The smallest absolute Gasteiger partial charge is 1.00 e. The van der Waals surface area contributed by atoms with Gasteiger partial charge in [-0.1, -0.05) is 0 Å². The van der Waals surface area contributed by atoms with Crippen molar-refractivity contribution in [2.75, 3.05) is 0 Å². The molecule has 42 heavy (non-hydrogen) atoms. The van der Waals surface area contributed by atoms with Crippen molar-refractivity contribution >= 4 is 42.0 Å². The van der Waals surface area contributed by atoms with E-state index in [1.165, 1.54) is 66.1 Å². The Morgan fingerprint density at radius 2 is 1.36 bits per heavy atom. The first kappa shape index (κ1) is 29.0. The minimum Gasteiger partial charge on any atom is -1.00 e. The van der Waals surface area contributed by atoms with Gasteiger partial charge in [-0.05, 0) is 0 Å². The molecule has 1 unspecified atom stereocenters. The zero-order valence-corrected chi connectivity index (χ0v) is 27.6. The van der Waals surface area contributed by atoms with E-state index >= 15 is 0 Å². The second kappa shape index (κ2) is 11.5. The van der Waals surface area contributed by atoms with Crippen LogP contribution in [0.5, 0.6) is 0 Å². The zero-order valence-electron chi connectivity index (χ0n) is 23.7. The predicted molar refractivity (Wildman–Crippen MR) is 169 cm³/mol. The topological polar surface area (TPSA) is 0 Å². The molecule has 0 saturated carbocycles. The van der Waals surface area contributed by atoms with Crippen molar-refractivity contribution in [2.45, 2.75) is 23.9 Å². The third-order valence-corrected chi connectivity index (χ3v) is 17.0. The van der Waals surface area contributed by atoms with E-state index in [4.69, 9.17) is 0 Å². The first-order valence-electron chi connectivity index (χ1n) is 14.3. The van der Waals surface area contributed by atoms with Crippen LogP contribution in [0.15, 0.2) is 130 Å². The summed E-state index contributed by atoms with van der Waals surface area (Å²) in [6, 6.07) is 38.4. The third kappa shape index (κ3) is 4.50. The molecule has 3 aliphatic rings. The second-order valence-corrected chi connectivity index (χ2v) is 18.6. The molecule has 0 spiro atoms. The number of halogens is 2. The van der Waals surface area contributed by atoms with Crippen LogP contribution in [0, 0.1) is 0 Å². The van der Waals surface area contributed by atoms with Gasteiger partial charge in [0.25, 0.3) is 0 Å². The van der Waals surface area contributed by atoms with E-state index in [0.717, 1.165) is 6.42 Å². The molecular formula is C39H30Cl2Zr. The fraction of sp³-hybridized carbons (Fsp3) is 0.103. The molecule has 1 atom stereocenters. The van der Waals surface area contributed by atoms with Gasteiger partial charge in [0.05, 0.1) is 0 Å². The first-order chi connectivity index (χ1) is 19.7. The van der Waals surface area contributed by atoms with Crippen LogP contribution in [0.3, 0.4) is 0 Å². The number of hydrogen-bond donors (Lipinski definition) is 0. The van der Waals surface area contributed by atoms with Crippen molar-refractivity contribution in [3.8, 4) is 0 Å². The Balaban J connectivity index is 0.00000158. The van der Waals surface area contributed by atoms with Gasteiger partial charge in [0.1, 0.15) is 0 Å². The van der Waals surface area contributed by atoms with Crippen LogP contribution in [-0.4, -0.2) is 3.21 Å². The summed E-state index contributed by atoms with van der Waals surface area (Å²) in [5, 5.41) is 5.40. The summed E-state index contributed by atoms with van der Waals surface area (Å²) >= 11 is -2.44. The molecule has 0 fully saturated rings. The number of fused-ring (bicyclic) bond motifs is 7. The maximum Gasteiger partial charge on any atom is -1.00 e. The van der Waals surface area contributed by atoms with Gasteiger partial charge in [-0.3, -0.25) is 0 Å². The summed E-state index contributed by atoms with van der Waals surface area (Å²) in [5.74, 6) is 0. The van der Waals surface area contributed by atoms with Gasteiger partial charge in [0.15, 0.2) is 0 Å². The predicted octanol–water partition coefficient (Wildman–Crippen LogP) is 3.89. The largest absolute Gasteiger partial charge is 1.00 e. The Morgan fingerprint density at radius 1 is 0.667 bits per heavy atom.